The number of imidazole rings is 2. The molecule has 4 aromatic heterocycles. The van der Waals surface area contributed by atoms with E-state index in [1.165, 1.54) is 9.13 Å². The third-order valence-electron chi connectivity index (χ3n) is 7.44. The van der Waals surface area contributed by atoms with Crippen LogP contribution in [0.15, 0.2) is 22.2 Å². The summed E-state index contributed by atoms with van der Waals surface area (Å²) in [5.74, 6) is -0.488. The van der Waals surface area contributed by atoms with Gasteiger partial charge in [-0.2, -0.15) is 9.97 Å². The Bertz CT molecular complexity index is 1910. The van der Waals surface area contributed by atoms with Crippen LogP contribution in [0.5, 0.6) is 0 Å². The Hall–Kier alpha value is -3.43. The van der Waals surface area contributed by atoms with Crippen LogP contribution in [-0.2, 0) is 36.7 Å². The lowest BCUT2D eigenvalue weighted by Gasteiger charge is -2.30. The van der Waals surface area contributed by atoms with Crippen molar-refractivity contribution >= 4 is 64.3 Å². The Morgan fingerprint density at radius 2 is 1.17 bits per heavy atom. The molecule has 0 aromatic carbocycles. The highest BCUT2D eigenvalue weighted by molar-refractivity contribution is 7.79. The molecule has 3 saturated heterocycles. The quantitative estimate of drug-likeness (QED) is 0.0928. The summed E-state index contributed by atoms with van der Waals surface area (Å²) >= 11 is 0. The topological polar surface area (TPSA) is 309 Å². The van der Waals surface area contributed by atoms with Crippen LogP contribution in [0.4, 0.5) is 11.9 Å². The SMILES string of the molecule is [B]P1(=O)OC[C@H]2O[C@@H](n3cnc4c(=O)[nH]c(N)nc43)[C@H](O)[C@@H]2OP([B])(=O)OC[C@@H]2O[C@H](n3cnc4c(=O)[nH]c(N)nc43)[C@@H](O)[C@H]2O1. The highest BCUT2D eigenvalue weighted by Crippen LogP contribution is 2.53. The first-order valence-corrected chi connectivity index (χ1v) is 16.5. The number of anilines is 2. The number of hydrogen-bond donors (Lipinski definition) is 6. The number of nitrogens with two attached hydrogens (primary N) is 2. The monoisotopic (exact) mass is 678 g/mol. The number of ether oxygens (including phenoxy) is 2. The number of aliphatic hydroxyl groups is 2. The minimum atomic E-state index is -4.57. The third-order valence-corrected chi connectivity index (χ3v) is 9.54. The molecule has 240 valence electrons. The van der Waals surface area contributed by atoms with Crippen LogP contribution in [0.1, 0.15) is 12.5 Å². The van der Waals surface area contributed by atoms with Gasteiger partial charge in [0.2, 0.25) is 27.0 Å². The second-order valence-corrected chi connectivity index (χ2v) is 13.6. The summed E-state index contributed by atoms with van der Waals surface area (Å²) in [7, 11) is 2.61. The van der Waals surface area contributed by atoms with E-state index in [9.17, 15) is 28.9 Å². The molecule has 0 bridgehead atoms. The molecule has 26 heteroatoms. The molecule has 3 aliphatic rings. The highest BCUT2D eigenvalue weighted by atomic mass is 31.2. The minimum absolute atomic E-state index is 0.0646. The molecule has 0 aliphatic carbocycles. The van der Waals surface area contributed by atoms with E-state index >= 15 is 0 Å². The number of nitrogen functional groups attached to an aromatic ring is 2. The van der Waals surface area contributed by atoms with Crippen molar-refractivity contribution in [3.8, 4) is 0 Å². The van der Waals surface area contributed by atoms with Crippen molar-refractivity contribution in [3.63, 3.8) is 0 Å². The molecule has 0 amide bonds. The van der Waals surface area contributed by atoms with Gasteiger partial charge in [-0.3, -0.25) is 37.8 Å². The third kappa shape index (κ3) is 5.39. The van der Waals surface area contributed by atoms with Crippen LogP contribution >= 0.6 is 14.9 Å². The molecule has 46 heavy (non-hydrogen) atoms. The van der Waals surface area contributed by atoms with Gasteiger partial charge in [0.1, 0.15) is 36.6 Å². The van der Waals surface area contributed by atoms with E-state index in [1.807, 2.05) is 0 Å². The zero-order valence-corrected chi connectivity index (χ0v) is 24.8. The van der Waals surface area contributed by atoms with Gasteiger partial charge in [-0.1, -0.05) is 0 Å². The second-order valence-electron chi connectivity index (χ2n) is 10.5. The van der Waals surface area contributed by atoms with Gasteiger partial charge in [0.05, 0.1) is 25.9 Å². The molecule has 4 aromatic rings. The fourth-order valence-corrected chi connectivity index (χ4v) is 7.47. The standard InChI is InChI=1S/C20H22B2N10O12P2/c21-45(37)39-1-5-11(9(33)17(41-5)31-3-25-7-13(31)27-19(23)29-15(7)35)43-46(22,38)40-2-6-12(44-45)10(34)18(42-6)32-4-26-8-14(32)28-20(24)30-16(8)36/h3-6,9-12,17-18,33-34H,1-2H2,(H3,23,27,29,35)(H3,24,28,30,36)/t5-,6+,9-,10+,11-,12+,17-,18+,45?,46?. The van der Waals surface area contributed by atoms with E-state index in [4.69, 9.17) is 54.2 Å². The summed E-state index contributed by atoms with van der Waals surface area (Å²) < 4.78 is 62.5. The molecule has 0 spiro atoms. The van der Waals surface area contributed by atoms with Crippen LogP contribution < -0.4 is 22.6 Å². The lowest BCUT2D eigenvalue weighted by Crippen LogP contribution is -2.39. The maximum Gasteiger partial charge on any atom is 0.280 e. The number of aromatic nitrogens is 8. The number of nitrogens with one attached hydrogen (secondary N) is 2. The number of hydrogen-bond acceptors (Lipinski definition) is 18. The first kappa shape index (κ1) is 31.2. The van der Waals surface area contributed by atoms with E-state index in [0.717, 1.165) is 12.7 Å². The van der Waals surface area contributed by atoms with E-state index in [-0.39, 0.29) is 34.2 Å². The molecule has 7 heterocycles. The van der Waals surface area contributed by atoms with Gasteiger partial charge in [0, 0.05) is 0 Å². The van der Waals surface area contributed by atoms with Crippen molar-refractivity contribution in [1.29, 1.82) is 0 Å². The summed E-state index contributed by atoms with van der Waals surface area (Å²) in [4.78, 5) is 45.0. The molecular formula is C20H22B2N10O12P2. The normalized spacial score (nSPS) is 37.1. The van der Waals surface area contributed by atoms with E-state index in [1.54, 1.807) is 0 Å². The summed E-state index contributed by atoms with van der Waals surface area (Å²) in [6.45, 7) is -1.38. The fourth-order valence-electron chi connectivity index (χ4n) is 5.44. The van der Waals surface area contributed by atoms with Crippen molar-refractivity contribution in [2.75, 3.05) is 24.7 Å². The first-order chi connectivity index (χ1) is 21.7. The number of aliphatic hydroxyl groups excluding tert-OH is 2. The number of nitrogens with zero attached hydrogens (tertiary/aromatic N) is 6. The molecule has 3 fully saturated rings. The van der Waals surface area contributed by atoms with Crippen molar-refractivity contribution in [2.45, 2.75) is 49.1 Å². The number of fused-ring (bicyclic) bond motifs is 4. The molecule has 4 radical (unpaired) electrons. The Kier molecular flexibility index (Phi) is 7.51. The van der Waals surface area contributed by atoms with Gasteiger partial charge in [-0.15, -0.1) is 0 Å². The zero-order valence-electron chi connectivity index (χ0n) is 23.1. The summed E-state index contributed by atoms with van der Waals surface area (Å²) in [6.07, 6.45) is -9.66. The predicted molar refractivity (Wildman–Crippen MR) is 153 cm³/mol. The van der Waals surface area contributed by atoms with Gasteiger partial charge in [0.25, 0.3) is 26.1 Å². The van der Waals surface area contributed by atoms with Crippen LogP contribution in [0.25, 0.3) is 22.3 Å². The van der Waals surface area contributed by atoms with Crippen LogP contribution in [-0.4, -0.2) is 114 Å². The lowest BCUT2D eigenvalue weighted by molar-refractivity contribution is -0.0564. The van der Waals surface area contributed by atoms with Gasteiger partial charge in [0.15, 0.2) is 34.8 Å². The fraction of sp³-hybridized carbons (Fsp3) is 0.500. The summed E-state index contributed by atoms with van der Waals surface area (Å²) in [5, 5.41) is 22.4. The van der Waals surface area contributed by atoms with E-state index in [2.05, 4.69) is 29.9 Å². The summed E-state index contributed by atoms with van der Waals surface area (Å²) in [5.41, 5.74) is 9.61. The van der Waals surface area contributed by atoms with Crippen molar-refractivity contribution in [2.24, 2.45) is 0 Å². The highest BCUT2D eigenvalue weighted by Gasteiger charge is 2.52. The minimum Gasteiger partial charge on any atom is -0.386 e. The van der Waals surface area contributed by atoms with Gasteiger partial charge in [-0.25, -0.2) is 9.97 Å². The van der Waals surface area contributed by atoms with Crippen LogP contribution in [0.2, 0.25) is 0 Å². The van der Waals surface area contributed by atoms with E-state index in [0.29, 0.717) is 0 Å². The van der Waals surface area contributed by atoms with Crippen molar-refractivity contribution < 1.29 is 46.9 Å². The molecular weight excluding hydrogens is 656 g/mol. The number of aromatic amines is 2. The Morgan fingerprint density at radius 3 is 1.57 bits per heavy atom. The second kappa shape index (κ2) is 11.1. The molecule has 0 saturated carbocycles. The van der Waals surface area contributed by atoms with Gasteiger partial charge < -0.3 is 49.2 Å². The lowest BCUT2D eigenvalue weighted by atomic mass is 10.1. The first-order valence-electron chi connectivity index (χ1n) is 13.3. The smallest absolute Gasteiger partial charge is 0.280 e. The molecule has 10 atom stereocenters. The molecule has 8 N–H and O–H groups in total. The predicted octanol–water partition coefficient (Wildman–Crippen LogP) is -2.70. The molecule has 3 aliphatic heterocycles. The van der Waals surface area contributed by atoms with Gasteiger partial charge >= 0.3 is 0 Å². The van der Waals surface area contributed by atoms with Crippen LogP contribution in [0, 0.1) is 0 Å². The summed E-state index contributed by atoms with van der Waals surface area (Å²) in [6, 6.07) is 0. The Labute approximate surface area is 257 Å². The molecule has 22 nitrogen and oxygen atoms in total. The molecule has 7 rings (SSSR count). The zero-order chi connectivity index (χ0) is 32.7. The average molecular weight is 678 g/mol. The number of rotatable bonds is 2. The average Bonchev–Trinajstić information content (AvgIpc) is 3.72. The number of H-pyrrole nitrogens is 2. The van der Waals surface area contributed by atoms with Crippen LogP contribution in [0.3, 0.4) is 0 Å². The van der Waals surface area contributed by atoms with Crippen molar-refractivity contribution in [1.82, 2.24) is 39.0 Å². The Balaban J connectivity index is 1.18. The largest absolute Gasteiger partial charge is 0.386 e. The van der Waals surface area contributed by atoms with Gasteiger partial charge in [-0.05, 0) is 0 Å². The molecule has 2 unspecified atom stereocenters. The maximum atomic E-state index is 13.3. The maximum absolute atomic E-state index is 13.3. The Morgan fingerprint density at radius 1 is 0.783 bits per heavy atom. The van der Waals surface area contributed by atoms with E-state index < -0.39 is 88.4 Å². The van der Waals surface area contributed by atoms with Crippen molar-refractivity contribution in [3.05, 3.63) is 33.4 Å².